The summed E-state index contributed by atoms with van der Waals surface area (Å²) in [5.41, 5.74) is 0.0809. The van der Waals surface area contributed by atoms with Crippen molar-refractivity contribution in [1.29, 1.82) is 0 Å². The largest absolute Gasteiger partial charge is 0.506 e. The van der Waals surface area contributed by atoms with Gasteiger partial charge in [-0.1, -0.05) is 11.6 Å². The summed E-state index contributed by atoms with van der Waals surface area (Å²) in [5.74, 6) is -0.0633. The molecule has 1 aromatic rings. The lowest BCUT2D eigenvalue weighted by Gasteiger charge is -2.23. The fourth-order valence-corrected chi connectivity index (χ4v) is 2.12. The van der Waals surface area contributed by atoms with Gasteiger partial charge < -0.3 is 15.7 Å². The predicted molar refractivity (Wildman–Crippen MR) is 67.4 cm³/mol. The van der Waals surface area contributed by atoms with Crippen LogP contribution < -0.4 is 10.6 Å². The Labute approximate surface area is 105 Å². The standard InChI is InChI=1S/C12H15ClN2O2/c1-12(5-2-6-14-12)11(17)15-8-3-4-10(16)9(13)7-8/h3-4,7,14,16H,2,5-6H2,1H3,(H,15,17). The van der Waals surface area contributed by atoms with Crippen molar-refractivity contribution in [2.45, 2.75) is 25.3 Å². The van der Waals surface area contributed by atoms with Gasteiger partial charge in [0.05, 0.1) is 10.6 Å². The van der Waals surface area contributed by atoms with Crippen molar-refractivity contribution in [3.8, 4) is 5.75 Å². The van der Waals surface area contributed by atoms with E-state index in [4.69, 9.17) is 11.6 Å². The molecule has 0 bridgehead atoms. The Bertz CT molecular complexity index is 442. The quantitative estimate of drug-likeness (QED) is 0.709. The fourth-order valence-electron chi connectivity index (χ4n) is 1.94. The van der Waals surface area contributed by atoms with Crippen molar-refractivity contribution in [3.63, 3.8) is 0 Å². The van der Waals surface area contributed by atoms with E-state index in [1.54, 1.807) is 6.07 Å². The molecule has 3 N–H and O–H groups in total. The summed E-state index contributed by atoms with van der Waals surface area (Å²) in [4.78, 5) is 12.1. The molecule has 0 aliphatic carbocycles. The number of phenols is 1. The van der Waals surface area contributed by atoms with Crippen molar-refractivity contribution in [2.75, 3.05) is 11.9 Å². The van der Waals surface area contributed by atoms with Crippen LogP contribution >= 0.6 is 11.6 Å². The second kappa shape index (κ2) is 4.55. The maximum Gasteiger partial charge on any atom is 0.244 e. The topological polar surface area (TPSA) is 61.4 Å². The lowest BCUT2D eigenvalue weighted by atomic mass is 9.99. The highest BCUT2D eigenvalue weighted by molar-refractivity contribution is 6.32. The molecule has 17 heavy (non-hydrogen) atoms. The smallest absolute Gasteiger partial charge is 0.244 e. The van der Waals surface area contributed by atoms with Gasteiger partial charge in [0.15, 0.2) is 0 Å². The van der Waals surface area contributed by atoms with Gasteiger partial charge in [-0.3, -0.25) is 4.79 Å². The maximum atomic E-state index is 12.1. The molecule has 1 atom stereocenters. The molecule has 1 saturated heterocycles. The molecule has 0 radical (unpaired) electrons. The number of benzene rings is 1. The third kappa shape index (κ3) is 2.53. The first-order valence-corrected chi connectivity index (χ1v) is 5.94. The molecule has 5 heteroatoms. The maximum absolute atomic E-state index is 12.1. The molecule has 1 amide bonds. The van der Waals surface area contributed by atoms with Gasteiger partial charge >= 0.3 is 0 Å². The van der Waals surface area contributed by atoms with Crippen LogP contribution in [0.5, 0.6) is 5.75 Å². The number of nitrogens with one attached hydrogen (secondary N) is 2. The minimum absolute atomic E-state index is 0.00914. The molecule has 1 unspecified atom stereocenters. The second-order valence-electron chi connectivity index (χ2n) is 4.48. The van der Waals surface area contributed by atoms with Crippen molar-refractivity contribution in [2.24, 2.45) is 0 Å². The summed E-state index contributed by atoms with van der Waals surface area (Å²) in [5, 5.41) is 15.5. The summed E-state index contributed by atoms with van der Waals surface area (Å²) >= 11 is 5.77. The first-order valence-electron chi connectivity index (χ1n) is 5.56. The third-order valence-electron chi connectivity index (χ3n) is 3.08. The van der Waals surface area contributed by atoms with Crippen LogP contribution in [-0.2, 0) is 4.79 Å². The van der Waals surface area contributed by atoms with Gasteiger partial charge in [-0.05, 0) is 44.5 Å². The Balaban J connectivity index is 2.10. The van der Waals surface area contributed by atoms with Crippen LogP contribution in [0.1, 0.15) is 19.8 Å². The van der Waals surface area contributed by atoms with E-state index in [1.807, 2.05) is 6.92 Å². The first kappa shape index (κ1) is 12.2. The summed E-state index contributed by atoms with van der Waals surface area (Å²) in [6.07, 6.45) is 1.82. The van der Waals surface area contributed by atoms with Crippen LogP contribution in [0.3, 0.4) is 0 Å². The lowest BCUT2D eigenvalue weighted by Crippen LogP contribution is -2.47. The zero-order valence-electron chi connectivity index (χ0n) is 9.59. The Morgan fingerprint density at radius 1 is 1.59 bits per heavy atom. The Kier molecular flexibility index (Phi) is 3.26. The molecule has 92 valence electrons. The number of aromatic hydroxyl groups is 1. The SMILES string of the molecule is CC1(C(=O)Nc2ccc(O)c(Cl)c2)CCCN1. The van der Waals surface area contributed by atoms with Crippen LogP contribution in [0.2, 0.25) is 5.02 Å². The van der Waals surface area contributed by atoms with Crippen molar-refractivity contribution in [1.82, 2.24) is 5.32 Å². The lowest BCUT2D eigenvalue weighted by molar-refractivity contribution is -0.121. The summed E-state index contributed by atoms with van der Waals surface area (Å²) < 4.78 is 0. The van der Waals surface area contributed by atoms with Crippen molar-refractivity contribution >= 4 is 23.2 Å². The zero-order chi connectivity index (χ0) is 12.5. The average Bonchev–Trinajstić information content (AvgIpc) is 2.72. The molecular formula is C12H15ClN2O2. The van der Waals surface area contributed by atoms with E-state index in [0.717, 1.165) is 19.4 Å². The predicted octanol–water partition coefficient (Wildman–Crippen LogP) is 2.13. The van der Waals surface area contributed by atoms with E-state index < -0.39 is 5.54 Å². The molecule has 1 aromatic carbocycles. The van der Waals surface area contributed by atoms with Crippen LogP contribution in [0.25, 0.3) is 0 Å². The van der Waals surface area contributed by atoms with Gasteiger partial charge in [-0.25, -0.2) is 0 Å². The summed E-state index contributed by atoms with van der Waals surface area (Å²) in [6.45, 7) is 2.75. The zero-order valence-corrected chi connectivity index (χ0v) is 10.3. The number of halogens is 1. The van der Waals surface area contributed by atoms with Gasteiger partial charge in [0, 0.05) is 5.69 Å². The van der Waals surface area contributed by atoms with Crippen molar-refractivity contribution < 1.29 is 9.90 Å². The van der Waals surface area contributed by atoms with Gasteiger partial charge in [0.2, 0.25) is 5.91 Å². The molecule has 2 rings (SSSR count). The number of amides is 1. The molecule has 0 saturated carbocycles. The number of phenolic OH excluding ortho intramolecular Hbond substituents is 1. The van der Waals surface area contributed by atoms with Crippen LogP contribution in [0.4, 0.5) is 5.69 Å². The van der Waals surface area contributed by atoms with E-state index in [0.29, 0.717) is 5.69 Å². The first-order chi connectivity index (χ1) is 8.01. The van der Waals surface area contributed by atoms with Gasteiger partial charge in [0.1, 0.15) is 5.75 Å². The van der Waals surface area contributed by atoms with Gasteiger partial charge in [-0.15, -0.1) is 0 Å². The molecule has 0 spiro atoms. The number of rotatable bonds is 2. The van der Waals surface area contributed by atoms with E-state index in [2.05, 4.69) is 10.6 Å². The highest BCUT2D eigenvalue weighted by atomic mass is 35.5. The minimum Gasteiger partial charge on any atom is -0.506 e. The van der Waals surface area contributed by atoms with Crippen LogP contribution in [0.15, 0.2) is 18.2 Å². The molecule has 1 aliphatic heterocycles. The molecule has 1 heterocycles. The fraction of sp³-hybridized carbons (Fsp3) is 0.417. The van der Waals surface area contributed by atoms with E-state index in [-0.39, 0.29) is 16.7 Å². The van der Waals surface area contributed by atoms with Crippen molar-refractivity contribution in [3.05, 3.63) is 23.2 Å². The average molecular weight is 255 g/mol. The number of hydrogen-bond acceptors (Lipinski definition) is 3. The molecule has 1 fully saturated rings. The molecule has 0 aromatic heterocycles. The van der Waals surface area contributed by atoms with Crippen LogP contribution in [-0.4, -0.2) is 23.1 Å². The normalized spacial score (nSPS) is 23.6. The van der Waals surface area contributed by atoms with Gasteiger partial charge in [0.25, 0.3) is 0 Å². The van der Waals surface area contributed by atoms with E-state index in [9.17, 15) is 9.90 Å². The summed E-state index contributed by atoms with van der Waals surface area (Å²) in [7, 11) is 0. The Morgan fingerprint density at radius 3 is 2.94 bits per heavy atom. The number of carbonyl (C=O) groups is 1. The number of carbonyl (C=O) groups excluding carboxylic acids is 1. The van der Waals surface area contributed by atoms with E-state index in [1.165, 1.54) is 12.1 Å². The number of hydrogen-bond donors (Lipinski definition) is 3. The Morgan fingerprint density at radius 2 is 2.35 bits per heavy atom. The van der Waals surface area contributed by atoms with Gasteiger partial charge in [-0.2, -0.15) is 0 Å². The second-order valence-corrected chi connectivity index (χ2v) is 4.89. The summed E-state index contributed by atoms with van der Waals surface area (Å²) in [6, 6.07) is 4.62. The van der Waals surface area contributed by atoms with Crippen LogP contribution in [0, 0.1) is 0 Å². The molecule has 1 aliphatic rings. The Hall–Kier alpha value is -1.26. The molecular weight excluding hydrogens is 240 g/mol. The molecule has 4 nitrogen and oxygen atoms in total. The third-order valence-corrected chi connectivity index (χ3v) is 3.38. The number of anilines is 1. The highest BCUT2D eigenvalue weighted by Gasteiger charge is 2.35. The van der Waals surface area contributed by atoms with E-state index >= 15 is 0 Å². The highest BCUT2D eigenvalue weighted by Crippen LogP contribution is 2.27. The monoisotopic (exact) mass is 254 g/mol. The minimum atomic E-state index is -0.510.